The maximum absolute atomic E-state index is 15.5. The second-order valence-electron chi connectivity index (χ2n) is 12.9. The summed E-state index contributed by atoms with van der Waals surface area (Å²) in [6.07, 6.45) is -1.56. The first-order valence-corrected chi connectivity index (χ1v) is 17.5. The molecule has 2 aromatic carbocycles. The molecule has 272 valence electrons. The molecule has 5 aromatic rings. The highest BCUT2D eigenvalue weighted by Crippen LogP contribution is 2.71. The number of hydrogen-bond acceptors (Lipinski definition) is 7. The van der Waals surface area contributed by atoms with Gasteiger partial charge in [0, 0.05) is 29.0 Å². The van der Waals surface area contributed by atoms with E-state index >= 15 is 8.78 Å². The van der Waals surface area contributed by atoms with Gasteiger partial charge < -0.3 is 5.32 Å². The van der Waals surface area contributed by atoms with Gasteiger partial charge in [-0.3, -0.25) is 19.4 Å². The SMILES string of the molecule is C[C@@H]1C2c3c(C(F)F)nn(CC(=O)N[C@@H](Cc4cc(F)cc(F)c4)c4nc5cn[nH]c5cc4-c4ccc(F)c(C(=O)NS(C)(=O)=O)c4)c3C(F)(F)C21. The van der Waals surface area contributed by atoms with Gasteiger partial charge >= 0.3 is 0 Å². The number of hydrogen-bond donors (Lipinski definition) is 3. The highest BCUT2D eigenvalue weighted by Gasteiger charge is 2.71. The quantitative estimate of drug-likeness (QED) is 0.161. The van der Waals surface area contributed by atoms with E-state index in [0.717, 1.165) is 24.3 Å². The van der Waals surface area contributed by atoms with Crippen molar-refractivity contribution < 1.29 is 48.7 Å². The molecule has 0 bridgehead atoms. The summed E-state index contributed by atoms with van der Waals surface area (Å²) in [6.45, 7) is 0.580. The van der Waals surface area contributed by atoms with Crippen molar-refractivity contribution in [2.75, 3.05) is 6.26 Å². The van der Waals surface area contributed by atoms with Gasteiger partial charge in [0.2, 0.25) is 15.9 Å². The number of nitrogens with zero attached hydrogens (tertiary/aromatic N) is 4. The average molecular weight is 750 g/mol. The molecular formula is C33H26F7N7O4S. The first-order valence-electron chi connectivity index (χ1n) is 15.6. The molecule has 2 aliphatic rings. The van der Waals surface area contributed by atoms with Gasteiger partial charge in [0.1, 0.15) is 40.9 Å². The molecule has 0 saturated heterocycles. The molecule has 3 heterocycles. The lowest BCUT2D eigenvalue weighted by Crippen LogP contribution is -2.35. The Balaban J connectivity index is 1.31. The van der Waals surface area contributed by atoms with E-state index in [-0.39, 0.29) is 39.9 Å². The van der Waals surface area contributed by atoms with Crippen LogP contribution in [-0.4, -0.2) is 51.4 Å². The van der Waals surface area contributed by atoms with Crippen LogP contribution in [0.15, 0.2) is 48.7 Å². The summed E-state index contributed by atoms with van der Waals surface area (Å²) >= 11 is 0. The number of fused-ring (bicyclic) bond motifs is 4. The van der Waals surface area contributed by atoms with Gasteiger partial charge in [0.05, 0.1) is 35.3 Å². The molecule has 3 aromatic heterocycles. The zero-order valence-electron chi connectivity index (χ0n) is 26.9. The van der Waals surface area contributed by atoms with E-state index in [1.165, 1.54) is 25.3 Å². The monoisotopic (exact) mass is 749 g/mol. The van der Waals surface area contributed by atoms with Crippen LogP contribution in [0.3, 0.4) is 0 Å². The van der Waals surface area contributed by atoms with Crippen LogP contribution >= 0.6 is 0 Å². The molecule has 1 saturated carbocycles. The predicted molar refractivity (Wildman–Crippen MR) is 169 cm³/mol. The summed E-state index contributed by atoms with van der Waals surface area (Å²) in [6, 6.07) is 5.83. The molecule has 52 heavy (non-hydrogen) atoms. The summed E-state index contributed by atoms with van der Waals surface area (Å²) < 4.78 is 128. The van der Waals surface area contributed by atoms with Gasteiger partial charge in [-0.25, -0.2) is 40.1 Å². The van der Waals surface area contributed by atoms with E-state index in [1.54, 1.807) is 4.72 Å². The standard InChI is InChI=1S/C33H26F7N7O4S/c1-13-25-26-29(31(37)38)45-47(30(26)33(39,40)27(13)25)12-24(48)42-22(7-14-5-16(34)9-17(35)6-14)28-18(10-21-23(43-28)11-41-44-21)15-3-4-20(36)19(8-15)32(49)46-52(2,50)51/h3-6,8-11,13,22,25,27,31H,7,12H2,1-2H3,(H,41,44)(H,42,48)(H,46,49)/t13-,22+,25?,27?/m1/s1. The fourth-order valence-corrected chi connectivity index (χ4v) is 7.55. The second kappa shape index (κ2) is 12.4. The zero-order chi connectivity index (χ0) is 37.4. The maximum atomic E-state index is 15.5. The summed E-state index contributed by atoms with van der Waals surface area (Å²) in [4.78, 5) is 31.0. The smallest absolute Gasteiger partial charge is 0.293 e. The molecule has 7 rings (SSSR count). The largest absolute Gasteiger partial charge is 0.346 e. The molecule has 0 aliphatic heterocycles. The minimum absolute atomic E-state index is 0.00995. The Labute approximate surface area is 289 Å². The number of aromatic nitrogens is 5. The lowest BCUT2D eigenvalue weighted by atomic mass is 9.94. The Hall–Kier alpha value is -5.33. The van der Waals surface area contributed by atoms with Crippen molar-refractivity contribution in [3.05, 3.63) is 99.9 Å². The number of alkyl halides is 4. The zero-order valence-corrected chi connectivity index (χ0v) is 27.7. The molecule has 1 fully saturated rings. The first kappa shape index (κ1) is 35.1. The van der Waals surface area contributed by atoms with E-state index in [0.29, 0.717) is 22.5 Å². The lowest BCUT2D eigenvalue weighted by molar-refractivity contribution is -0.123. The second-order valence-corrected chi connectivity index (χ2v) is 14.6. The van der Waals surface area contributed by atoms with Crippen LogP contribution in [0.25, 0.3) is 22.2 Å². The summed E-state index contributed by atoms with van der Waals surface area (Å²) in [5, 5.41) is 12.9. The van der Waals surface area contributed by atoms with Crippen molar-refractivity contribution in [1.29, 1.82) is 0 Å². The molecule has 2 amide bonds. The normalized spacial score (nSPS) is 19.4. The number of H-pyrrole nitrogens is 1. The third kappa shape index (κ3) is 6.26. The van der Waals surface area contributed by atoms with Crippen LogP contribution < -0.4 is 10.0 Å². The van der Waals surface area contributed by atoms with Crippen LogP contribution in [0.1, 0.15) is 63.9 Å². The van der Waals surface area contributed by atoms with Gasteiger partial charge in [-0.2, -0.15) is 19.0 Å². The van der Waals surface area contributed by atoms with Gasteiger partial charge in [-0.15, -0.1) is 0 Å². The van der Waals surface area contributed by atoms with E-state index in [9.17, 15) is 40.0 Å². The van der Waals surface area contributed by atoms with Crippen LogP contribution in [0.5, 0.6) is 0 Å². The number of carbonyl (C=O) groups is 2. The topological polar surface area (TPSA) is 152 Å². The molecular weight excluding hydrogens is 723 g/mol. The fraction of sp³-hybridized carbons (Fsp3) is 0.303. The van der Waals surface area contributed by atoms with Crippen molar-refractivity contribution in [3.8, 4) is 11.1 Å². The Kier molecular flexibility index (Phi) is 8.38. The molecule has 3 N–H and O–H groups in total. The van der Waals surface area contributed by atoms with Crippen LogP contribution in [0.4, 0.5) is 30.7 Å². The number of aromatic amines is 1. The highest BCUT2D eigenvalue weighted by atomic mass is 32.2. The number of benzene rings is 2. The number of pyridine rings is 1. The van der Waals surface area contributed by atoms with Crippen molar-refractivity contribution in [2.24, 2.45) is 11.8 Å². The minimum atomic E-state index is -4.10. The van der Waals surface area contributed by atoms with Crippen molar-refractivity contribution in [2.45, 2.75) is 44.2 Å². The van der Waals surface area contributed by atoms with E-state index in [2.05, 4.69) is 25.6 Å². The highest BCUT2D eigenvalue weighted by molar-refractivity contribution is 7.89. The number of amides is 2. The maximum Gasteiger partial charge on any atom is 0.293 e. The Morgan fingerprint density at radius 2 is 1.75 bits per heavy atom. The van der Waals surface area contributed by atoms with Crippen molar-refractivity contribution >= 4 is 32.9 Å². The Morgan fingerprint density at radius 1 is 1.04 bits per heavy atom. The molecule has 2 aliphatic carbocycles. The number of rotatable bonds is 10. The van der Waals surface area contributed by atoms with Gasteiger partial charge in [-0.1, -0.05) is 13.0 Å². The number of carbonyl (C=O) groups excluding carboxylic acids is 2. The third-order valence-corrected chi connectivity index (χ3v) is 9.80. The van der Waals surface area contributed by atoms with Crippen LogP contribution in [0.2, 0.25) is 0 Å². The summed E-state index contributed by atoms with van der Waals surface area (Å²) in [7, 11) is -4.10. The first-order chi connectivity index (χ1) is 24.4. The number of halogens is 7. The summed E-state index contributed by atoms with van der Waals surface area (Å²) in [5.41, 5.74) is -1.89. The van der Waals surface area contributed by atoms with Crippen LogP contribution in [-0.2, 0) is 33.7 Å². The van der Waals surface area contributed by atoms with E-state index < -0.39 is 98.9 Å². The van der Waals surface area contributed by atoms with Gasteiger partial charge in [0.25, 0.3) is 18.3 Å². The van der Waals surface area contributed by atoms with E-state index in [4.69, 9.17) is 0 Å². The molecule has 11 nitrogen and oxygen atoms in total. The minimum Gasteiger partial charge on any atom is -0.346 e. The number of nitrogens with one attached hydrogen (secondary N) is 3. The predicted octanol–water partition coefficient (Wildman–Crippen LogP) is 5.42. The molecule has 0 radical (unpaired) electrons. The molecule has 0 spiro atoms. The Morgan fingerprint density at radius 3 is 2.42 bits per heavy atom. The number of sulfonamides is 1. The van der Waals surface area contributed by atoms with Crippen molar-refractivity contribution in [3.63, 3.8) is 0 Å². The van der Waals surface area contributed by atoms with E-state index in [1.807, 2.05) is 0 Å². The van der Waals surface area contributed by atoms with Gasteiger partial charge in [-0.05, 0) is 53.8 Å². The fourth-order valence-electron chi connectivity index (χ4n) is 7.11. The van der Waals surface area contributed by atoms with Crippen molar-refractivity contribution in [1.82, 2.24) is 35.0 Å². The molecule has 19 heteroatoms. The van der Waals surface area contributed by atoms with Gasteiger partial charge in [0.15, 0.2) is 0 Å². The Bertz CT molecular complexity index is 2380. The molecule has 2 unspecified atom stereocenters. The lowest BCUT2D eigenvalue weighted by Gasteiger charge is -2.23. The third-order valence-electron chi connectivity index (χ3n) is 9.25. The van der Waals surface area contributed by atoms with Crippen LogP contribution in [0, 0.1) is 29.3 Å². The average Bonchev–Trinajstić information content (AvgIpc) is 3.30. The molecule has 4 atom stereocenters. The summed E-state index contributed by atoms with van der Waals surface area (Å²) in [5.74, 6) is -11.5.